The van der Waals surface area contributed by atoms with Crippen LogP contribution in [0.5, 0.6) is 0 Å². The summed E-state index contributed by atoms with van der Waals surface area (Å²) in [5.41, 5.74) is 2.23. The van der Waals surface area contributed by atoms with E-state index in [2.05, 4.69) is 4.98 Å². The molecule has 118 valence electrons. The topological polar surface area (TPSA) is 131 Å². The minimum atomic E-state index is -4.67. The van der Waals surface area contributed by atoms with Crippen molar-refractivity contribution in [3.8, 4) is 11.3 Å². The average Bonchev–Trinajstić information content (AvgIpc) is 2.38. The second kappa shape index (κ2) is 7.27. The highest BCUT2D eigenvalue weighted by Gasteiger charge is 2.11. The summed E-state index contributed by atoms with van der Waals surface area (Å²) < 4.78 is 31.6. The van der Waals surface area contributed by atoms with E-state index >= 15 is 0 Å². The molecule has 2 aromatic rings. The van der Waals surface area contributed by atoms with E-state index < -0.39 is 15.3 Å². The standard InChI is InChI=1S/C12H9ClN2O2.H2O4S/c1-8-2-5-12(14-7-8)10-6-9(15(16)17)3-4-11(10)13;1-5(2,3)4/h2-7H,1H3;(H2,1,2,3,4). The Balaban J connectivity index is 0.000000422. The van der Waals surface area contributed by atoms with Gasteiger partial charge in [0.05, 0.1) is 15.6 Å². The van der Waals surface area contributed by atoms with Gasteiger partial charge in [-0.2, -0.15) is 8.42 Å². The van der Waals surface area contributed by atoms with E-state index in [0.29, 0.717) is 16.3 Å². The Morgan fingerprint density at radius 1 is 1.23 bits per heavy atom. The lowest BCUT2D eigenvalue weighted by Crippen LogP contribution is -1.90. The molecule has 0 aliphatic rings. The molecule has 0 atom stereocenters. The summed E-state index contributed by atoms with van der Waals surface area (Å²) >= 11 is 6.01. The van der Waals surface area contributed by atoms with Crippen LogP contribution in [0, 0.1) is 17.0 Å². The molecule has 8 nitrogen and oxygen atoms in total. The number of hydrogen-bond donors (Lipinski definition) is 2. The number of nitro groups is 1. The zero-order valence-corrected chi connectivity index (χ0v) is 12.7. The molecule has 2 N–H and O–H groups in total. The Morgan fingerprint density at radius 3 is 2.27 bits per heavy atom. The molecule has 0 amide bonds. The molecule has 0 radical (unpaired) electrons. The van der Waals surface area contributed by atoms with Crippen LogP contribution in [0.1, 0.15) is 5.56 Å². The highest BCUT2D eigenvalue weighted by Crippen LogP contribution is 2.30. The number of benzene rings is 1. The molecule has 0 aliphatic heterocycles. The van der Waals surface area contributed by atoms with E-state index in [1.165, 1.54) is 18.2 Å². The lowest BCUT2D eigenvalue weighted by atomic mass is 10.1. The molecular weight excluding hydrogens is 336 g/mol. The summed E-state index contributed by atoms with van der Waals surface area (Å²) in [7, 11) is -4.67. The third-order valence-corrected chi connectivity index (χ3v) is 2.68. The first kappa shape index (κ1) is 18.0. The van der Waals surface area contributed by atoms with Crippen LogP contribution in [0.25, 0.3) is 11.3 Å². The highest BCUT2D eigenvalue weighted by atomic mass is 35.5. The highest BCUT2D eigenvalue weighted by molar-refractivity contribution is 7.79. The molecule has 0 saturated carbocycles. The van der Waals surface area contributed by atoms with Gasteiger partial charge in [0.25, 0.3) is 5.69 Å². The van der Waals surface area contributed by atoms with Gasteiger partial charge < -0.3 is 0 Å². The number of pyridine rings is 1. The molecular formula is C12H11ClN2O6S. The smallest absolute Gasteiger partial charge is 0.264 e. The number of aryl methyl sites for hydroxylation is 1. The Kier molecular flexibility index (Phi) is 5.94. The van der Waals surface area contributed by atoms with Gasteiger partial charge in [-0.05, 0) is 24.6 Å². The fourth-order valence-electron chi connectivity index (χ4n) is 1.45. The van der Waals surface area contributed by atoms with Crippen molar-refractivity contribution in [1.29, 1.82) is 0 Å². The Labute approximate surface area is 131 Å². The Morgan fingerprint density at radius 2 is 1.82 bits per heavy atom. The van der Waals surface area contributed by atoms with E-state index in [9.17, 15) is 10.1 Å². The van der Waals surface area contributed by atoms with Gasteiger partial charge in [-0.25, -0.2) is 0 Å². The molecule has 0 fully saturated rings. The molecule has 0 bridgehead atoms. The summed E-state index contributed by atoms with van der Waals surface area (Å²) in [5.74, 6) is 0. The predicted octanol–water partition coefficient (Wildman–Crippen LogP) is 2.97. The fraction of sp³-hybridized carbons (Fsp3) is 0.0833. The third-order valence-electron chi connectivity index (χ3n) is 2.35. The van der Waals surface area contributed by atoms with Crippen LogP contribution in [-0.2, 0) is 10.4 Å². The first-order chi connectivity index (χ1) is 10.1. The maximum absolute atomic E-state index is 10.7. The molecule has 10 heteroatoms. The van der Waals surface area contributed by atoms with Crippen LogP contribution in [0.4, 0.5) is 5.69 Å². The van der Waals surface area contributed by atoms with Crippen LogP contribution in [0.15, 0.2) is 36.5 Å². The zero-order chi connectivity index (χ0) is 16.9. The molecule has 0 spiro atoms. The maximum atomic E-state index is 10.7. The number of nitrogens with zero attached hydrogens (tertiary/aromatic N) is 2. The van der Waals surface area contributed by atoms with E-state index in [1.54, 1.807) is 12.3 Å². The van der Waals surface area contributed by atoms with Gasteiger partial charge in [0.1, 0.15) is 0 Å². The van der Waals surface area contributed by atoms with Crippen molar-refractivity contribution < 1.29 is 22.4 Å². The fourth-order valence-corrected chi connectivity index (χ4v) is 1.66. The van der Waals surface area contributed by atoms with Gasteiger partial charge in [0, 0.05) is 23.9 Å². The number of rotatable bonds is 2. The molecule has 1 aromatic carbocycles. The summed E-state index contributed by atoms with van der Waals surface area (Å²) in [5, 5.41) is 11.1. The van der Waals surface area contributed by atoms with Gasteiger partial charge in [0.2, 0.25) is 0 Å². The first-order valence-electron chi connectivity index (χ1n) is 5.65. The van der Waals surface area contributed by atoms with Crippen LogP contribution in [-0.4, -0.2) is 27.4 Å². The number of aromatic nitrogens is 1. The number of halogens is 1. The molecule has 0 aliphatic carbocycles. The van der Waals surface area contributed by atoms with Gasteiger partial charge in [0.15, 0.2) is 0 Å². The van der Waals surface area contributed by atoms with Gasteiger partial charge in [-0.3, -0.25) is 24.2 Å². The van der Waals surface area contributed by atoms with Crippen molar-refractivity contribution >= 4 is 27.7 Å². The molecule has 1 aromatic heterocycles. The quantitative estimate of drug-likeness (QED) is 0.485. The minimum absolute atomic E-state index is 0.00627. The van der Waals surface area contributed by atoms with E-state index in [4.69, 9.17) is 29.1 Å². The van der Waals surface area contributed by atoms with Crippen LogP contribution < -0.4 is 0 Å². The zero-order valence-electron chi connectivity index (χ0n) is 11.2. The lowest BCUT2D eigenvalue weighted by Gasteiger charge is -2.03. The van der Waals surface area contributed by atoms with E-state index in [-0.39, 0.29) is 5.69 Å². The normalized spacial score (nSPS) is 10.5. The van der Waals surface area contributed by atoms with Gasteiger partial charge >= 0.3 is 10.4 Å². The first-order valence-corrected chi connectivity index (χ1v) is 7.42. The predicted molar refractivity (Wildman–Crippen MR) is 80.3 cm³/mol. The average molecular weight is 347 g/mol. The van der Waals surface area contributed by atoms with E-state index in [1.807, 2.05) is 13.0 Å². The molecule has 2 rings (SSSR count). The molecule has 0 saturated heterocycles. The van der Waals surface area contributed by atoms with Crippen molar-refractivity contribution in [1.82, 2.24) is 4.98 Å². The largest absolute Gasteiger partial charge is 0.394 e. The van der Waals surface area contributed by atoms with Crippen LogP contribution >= 0.6 is 11.6 Å². The summed E-state index contributed by atoms with van der Waals surface area (Å²) in [6.45, 7) is 1.92. The SMILES string of the molecule is Cc1ccc(-c2cc([N+](=O)[O-])ccc2Cl)nc1.O=S(=O)(O)O. The number of nitro benzene ring substituents is 1. The number of hydrogen-bond acceptors (Lipinski definition) is 5. The van der Waals surface area contributed by atoms with Crippen molar-refractivity contribution in [3.05, 3.63) is 57.2 Å². The third kappa shape index (κ3) is 6.14. The van der Waals surface area contributed by atoms with E-state index in [0.717, 1.165) is 5.56 Å². The maximum Gasteiger partial charge on any atom is 0.394 e. The van der Waals surface area contributed by atoms with Crippen molar-refractivity contribution in [2.24, 2.45) is 0 Å². The summed E-state index contributed by atoms with van der Waals surface area (Å²) in [6, 6.07) is 7.99. The number of non-ortho nitro benzene ring substituents is 1. The minimum Gasteiger partial charge on any atom is -0.264 e. The van der Waals surface area contributed by atoms with Gasteiger partial charge in [-0.15, -0.1) is 0 Å². The summed E-state index contributed by atoms with van der Waals surface area (Å²) in [6.07, 6.45) is 1.70. The second-order valence-electron chi connectivity index (χ2n) is 4.09. The lowest BCUT2D eigenvalue weighted by molar-refractivity contribution is -0.384. The van der Waals surface area contributed by atoms with Gasteiger partial charge in [-0.1, -0.05) is 17.7 Å². The van der Waals surface area contributed by atoms with Crippen molar-refractivity contribution in [2.75, 3.05) is 0 Å². The van der Waals surface area contributed by atoms with Crippen molar-refractivity contribution in [3.63, 3.8) is 0 Å². The van der Waals surface area contributed by atoms with Crippen LogP contribution in [0.3, 0.4) is 0 Å². The summed E-state index contributed by atoms with van der Waals surface area (Å²) in [4.78, 5) is 14.4. The second-order valence-corrected chi connectivity index (χ2v) is 5.39. The Hall–Kier alpha value is -2.07. The Bertz CT molecular complexity index is 769. The van der Waals surface area contributed by atoms with Crippen molar-refractivity contribution in [2.45, 2.75) is 6.92 Å². The molecule has 1 heterocycles. The van der Waals surface area contributed by atoms with Crippen LogP contribution in [0.2, 0.25) is 5.02 Å². The monoisotopic (exact) mass is 346 g/mol. The molecule has 0 unspecified atom stereocenters. The molecule has 22 heavy (non-hydrogen) atoms.